The van der Waals surface area contributed by atoms with Crippen molar-refractivity contribution in [1.82, 2.24) is 0 Å². The van der Waals surface area contributed by atoms with Gasteiger partial charge in [-0.15, -0.1) is 0 Å². The van der Waals surface area contributed by atoms with Crippen LogP contribution in [0.1, 0.15) is 35.3 Å². The number of para-hydroxylation sites is 1. The molecule has 5 nitrogen and oxygen atoms in total. The van der Waals surface area contributed by atoms with Crippen molar-refractivity contribution in [2.24, 2.45) is 0 Å². The van der Waals surface area contributed by atoms with E-state index in [0.29, 0.717) is 31.1 Å². The van der Waals surface area contributed by atoms with Crippen molar-refractivity contribution < 1.29 is 19.1 Å². The summed E-state index contributed by atoms with van der Waals surface area (Å²) < 4.78 is 11.0. The van der Waals surface area contributed by atoms with Crippen molar-refractivity contribution in [3.05, 3.63) is 95.6 Å². The van der Waals surface area contributed by atoms with Crippen molar-refractivity contribution >= 4 is 17.6 Å². The Balaban J connectivity index is 1.70. The fourth-order valence-electron chi connectivity index (χ4n) is 3.28. The highest BCUT2D eigenvalue weighted by Gasteiger charge is 2.17. The van der Waals surface area contributed by atoms with E-state index in [1.54, 1.807) is 36.1 Å². The molecule has 0 aromatic heterocycles. The minimum atomic E-state index is -0.368. The first-order valence-electron chi connectivity index (χ1n) is 10.4. The van der Waals surface area contributed by atoms with Crippen LogP contribution in [0.3, 0.4) is 0 Å². The Hall–Kier alpha value is -3.60. The first-order valence-corrected chi connectivity index (χ1v) is 10.4. The molecule has 160 valence electrons. The average molecular weight is 418 g/mol. The molecule has 0 spiro atoms. The van der Waals surface area contributed by atoms with Crippen LogP contribution in [0.5, 0.6) is 5.75 Å². The molecule has 0 atom stereocenters. The summed E-state index contributed by atoms with van der Waals surface area (Å²) in [7, 11) is 0. The van der Waals surface area contributed by atoms with Gasteiger partial charge in [0, 0.05) is 17.8 Å². The Labute approximate surface area is 183 Å². The summed E-state index contributed by atoms with van der Waals surface area (Å²) >= 11 is 0. The van der Waals surface area contributed by atoms with Gasteiger partial charge in [0.2, 0.25) is 5.91 Å². The molecule has 0 aliphatic rings. The summed E-state index contributed by atoms with van der Waals surface area (Å²) in [4.78, 5) is 26.6. The summed E-state index contributed by atoms with van der Waals surface area (Å²) in [5, 5.41) is 0. The molecule has 0 bridgehead atoms. The second kappa shape index (κ2) is 11.0. The quantitative estimate of drug-likeness (QED) is 0.458. The number of carbonyl (C=O) groups excluding carboxylic acids is 2. The summed E-state index contributed by atoms with van der Waals surface area (Å²) in [6.07, 6.45) is 0.221. The SMILES string of the molecule is CCOC(=O)c1ccc(N(CC)C(=O)Cc2ccccc2OCc2ccccc2)cc1. The van der Waals surface area contributed by atoms with E-state index in [9.17, 15) is 9.59 Å². The number of rotatable bonds is 9. The first kappa shape index (κ1) is 22.1. The van der Waals surface area contributed by atoms with Crippen molar-refractivity contribution in [1.29, 1.82) is 0 Å². The number of anilines is 1. The van der Waals surface area contributed by atoms with E-state index < -0.39 is 0 Å². The standard InChI is InChI=1S/C26H27NO4/c1-3-27(23-16-14-21(15-17-23)26(29)30-4-2)25(28)18-22-12-8-9-13-24(22)31-19-20-10-6-5-7-11-20/h5-17H,3-4,18-19H2,1-2H3. The Bertz CT molecular complexity index is 999. The molecule has 3 aromatic rings. The Kier molecular flexibility index (Phi) is 7.82. The van der Waals surface area contributed by atoms with E-state index in [1.165, 1.54) is 0 Å². The number of hydrogen-bond donors (Lipinski definition) is 0. The lowest BCUT2D eigenvalue weighted by Crippen LogP contribution is -2.32. The lowest BCUT2D eigenvalue weighted by Gasteiger charge is -2.22. The third kappa shape index (κ3) is 5.95. The number of benzene rings is 3. The minimum Gasteiger partial charge on any atom is -0.489 e. The highest BCUT2D eigenvalue weighted by Crippen LogP contribution is 2.23. The molecule has 5 heteroatoms. The van der Waals surface area contributed by atoms with E-state index in [1.807, 2.05) is 61.5 Å². The van der Waals surface area contributed by atoms with E-state index in [0.717, 1.165) is 16.8 Å². The van der Waals surface area contributed by atoms with Gasteiger partial charge in [-0.3, -0.25) is 4.79 Å². The lowest BCUT2D eigenvalue weighted by molar-refractivity contribution is -0.118. The fourth-order valence-corrected chi connectivity index (χ4v) is 3.28. The van der Waals surface area contributed by atoms with Crippen LogP contribution in [-0.4, -0.2) is 25.0 Å². The molecular weight excluding hydrogens is 390 g/mol. The van der Waals surface area contributed by atoms with Crippen molar-refractivity contribution in [2.75, 3.05) is 18.1 Å². The van der Waals surface area contributed by atoms with E-state index in [4.69, 9.17) is 9.47 Å². The Morgan fingerprint density at radius 1 is 0.839 bits per heavy atom. The summed E-state index contributed by atoms with van der Waals surface area (Å²) in [6, 6.07) is 24.4. The maximum Gasteiger partial charge on any atom is 0.338 e. The van der Waals surface area contributed by atoms with Crippen LogP contribution in [0.2, 0.25) is 0 Å². The smallest absolute Gasteiger partial charge is 0.338 e. The van der Waals surface area contributed by atoms with Crippen LogP contribution >= 0.6 is 0 Å². The van der Waals surface area contributed by atoms with Gasteiger partial charge in [0.25, 0.3) is 0 Å². The van der Waals surface area contributed by atoms with Gasteiger partial charge < -0.3 is 14.4 Å². The largest absolute Gasteiger partial charge is 0.489 e. The molecule has 0 aliphatic carbocycles. The van der Waals surface area contributed by atoms with Gasteiger partial charge in [-0.1, -0.05) is 48.5 Å². The van der Waals surface area contributed by atoms with E-state index >= 15 is 0 Å². The molecule has 0 fully saturated rings. The van der Waals surface area contributed by atoms with E-state index in [2.05, 4.69) is 0 Å². The van der Waals surface area contributed by atoms with Crippen LogP contribution in [0.25, 0.3) is 0 Å². The van der Waals surface area contributed by atoms with Gasteiger partial charge in [0.1, 0.15) is 12.4 Å². The van der Waals surface area contributed by atoms with Crippen LogP contribution < -0.4 is 9.64 Å². The predicted molar refractivity (Wildman–Crippen MR) is 121 cm³/mol. The van der Waals surface area contributed by atoms with Gasteiger partial charge in [-0.25, -0.2) is 4.79 Å². The van der Waals surface area contributed by atoms with Crippen LogP contribution in [0, 0.1) is 0 Å². The number of nitrogens with zero attached hydrogens (tertiary/aromatic N) is 1. The number of likely N-dealkylation sites (N-methyl/N-ethyl adjacent to an activating group) is 1. The number of amides is 1. The third-order valence-electron chi connectivity index (χ3n) is 4.86. The van der Waals surface area contributed by atoms with Crippen molar-refractivity contribution in [2.45, 2.75) is 26.9 Å². The van der Waals surface area contributed by atoms with Gasteiger partial charge >= 0.3 is 5.97 Å². The number of ether oxygens (including phenoxy) is 2. The zero-order chi connectivity index (χ0) is 22.1. The van der Waals surface area contributed by atoms with Gasteiger partial charge in [-0.2, -0.15) is 0 Å². The predicted octanol–water partition coefficient (Wildman–Crippen LogP) is 5.04. The topological polar surface area (TPSA) is 55.8 Å². The molecule has 0 unspecified atom stereocenters. The number of esters is 1. The zero-order valence-corrected chi connectivity index (χ0v) is 17.9. The fraction of sp³-hybridized carbons (Fsp3) is 0.231. The average Bonchev–Trinajstić information content (AvgIpc) is 2.80. The molecule has 3 aromatic carbocycles. The normalized spacial score (nSPS) is 10.4. The van der Waals surface area contributed by atoms with E-state index in [-0.39, 0.29) is 18.3 Å². The highest BCUT2D eigenvalue weighted by molar-refractivity contribution is 5.96. The molecule has 1 amide bonds. The van der Waals surface area contributed by atoms with Crippen LogP contribution in [-0.2, 0) is 22.6 Å². The number of carbonyl (C=O) groups is 2. The van der Waals surface area contributed by atoms with Crippen LogP contribution in [0.15, 0.2) is 78.9 Å². The number of hydrogen-bond acceptors (Lipinski definition) is 4. The summed E-state index contributed by atoms with van der Waals surface area (Å²) in [6.45, 7) is 4.98. The van der Waals surface area contributed by atoms with Gasteiger partial charge in [0.15, 0.2) is 0 Å². The highest BCUT2D eigenvalue weighted by atomic mass is 16.5. The molecule has 0 N–H and O–H groups in total. The summed E-state index contributed by atoms with van der Waals surface area (Å²) in [5.74, 6) is 0.295. The third-order valence-corrected chi connectivity index (χ3v) is 4.86. The lowest BCUT2D eigenvalue weighted by atomic mass is 10.1. The second-order valence-electron chi connectivity index (χ2n) is 6.96. The molecule has 0 heterocycles. The monoisotopic (exact) mass is 417 g/mol. The molecule has 0 radical (unpaired) electrons. The van der Waals surface area contributed by atoms with Gasteiger partial charge in [-0.05, 0) is 49.7 Å². The maximum absolute atomic E-state index is 13.1. The second-order valence-corrected chi connectivity index (χ2v) is 6.96. The van der Waals surface area contributed by atoms with Crippen molar-refractivity contribution in [3.8, 4) is 5.75 Å². The Morgan fingerprint density at radius 2 is 1.52 bits per heavy atom. The minimum absolute atomic E-state index is 0.0397. The van der Waals surface area contributed by atoms with Crippen LogP contribution in [0.4, 0.5) is 5.69 Å². The molecule has 31 heavy (non-hydrogen) atoms. The molecule has 0 saturated heterocycles. The summed E-state index contributed by atoms with van der Waals surface area (Å²) in [5.41, 5.74) is 3.11. The molecular formula is C26H27NO4. The molecule has 0 saturated carbocycles. The zero-order valence-electron chi connectivity index (χ0n) is 17.9. The first-order chi connectivity index (χ1) is 15.1. The van der Waals surface area contributed by atoms with Crippen molar-refractivity contribution in [3.63, 3.8) is 0 Å². The van der Waals surface area contributed by atoms with Gasteiger partial charge in [0.05, 0.1) is 18.6 Å². The maximum atomic E-state index is 13.1. The molecule has 3 rings (SSSR count). The Morgan fingerprint density at radius 3 is 2.19 bits per heavy atom. The molecule has 0 aliphatic heterocycles.